The third kappa shape index (κ3) is 3.83. The van der Waals surface area contributed by atoms with E-state index in [0.29, 0.717) is 6.54 Å². The van der Waals surface area contributed by atoms with Gasteiger partial charge in [-0.05, 0) is 23.3 Å². The van der Waals surface area contributed by atoms with Crippen LogP contribution in [0.2, 0.25) is 0 Å². The minimum absolute atomic E-state index is 0.107. The molecule has 0 heterocycles. The zero-order chi connectivity index (χ0) is 15.2. The molecule has 2 rings (SSSR count). The minimum atomic E-state index is -0.637. The molecule has 0 aliphatic heterocycles. The fraction of sp³-hybridized carbons (Fsp3) is 0.235. The van der Waals surface area contributed by atoms with Gasteiger partial charge in [-0.15, -0.1) is 0 Å². The van der Waals surface area contributed by atoms with Crippen molar-refractivity contribution in [2.45, 2.75) is 12.6 Å². The molecule has 0 fully saturated rings. The molecule has 0 unspecified atom stereocenters. The molecule has 110 valence electrons. The second kappa shape index (κ2) is 6.90. The molecule has 0 saturated heterocycles. The van der Waals surface area contributed by atoms with E-state index >= 15 is 0 Å². The Labute approximate surface area is 125 Å². The smallest absolute Gasteiger partial charge is 0.244 e. The first-order chi connectivity index (χ1) is 10.1. The summed E-state index contributed by atoms with van der Waals surface area (Å²) in [6.45, 7) is 0.497. The first-order valence-corrected chi connectivity index (χ1v) is 6.80. The van der Waals surface area contributed by atoms with Crippen LogP contribution in [-0.4, -0.2) is 25.0 Å². The van der Waals surface area contributed by atoms with Crippen molar-refractivity contribution in [1.82, 2.24) is 4.90 Å². The molecule has 1 amide bonds. The molecule has 0 bridgehead atoms. The predicted octanol–water partition coefficient (Wildman–Crippen LogP) is 2.35. The van der Waals surface area contributed by atoms with Gasteiger partial charge in [0.05, 0.1) is 7.11 Å². The number of carbonyl (C=O) groups excluding carboxylic acids is 1. The third-order valence-electron chi connectivity index (χ3n) is 3.35. The number of amides is 1. The highest BCUT2D eigenvalue weighted by Gasteiger charge is 2.19. The highest BCUT2D eigenvalue weighted by Crippen LogP contribution is 2.16. The maximum Gasteiger partial charge on any atom is 0.244 e. The number of rotatable bonds is 5. The molecule has 0 aliphatic rings. The molecular formula is C17H20N2O2. The highest BCUT2D eigenvalue weighted by molar-refractivity contribution is 5.82. The molecule has 21 heavy (non-hydrogen) atoms. The number of nitrogens with zero attached hydrogens (tertiary/aromatic N) is 1. The summed E-state index contributed by atoms with van der Waals surface area (Å²) in [6, 6.07) is 16.4. The number of carbonyl (C=O) groups is 1. The fourth-order valence-corrected chi connectivity index (χ4v) is 2.16. The van der Waals surface area contributed by atoms with Gasteiger partial charge in [0.25, 0.3) is 0 Å². The summed E-state index contributed by atoms with van der Waals surface area (Å²) in [4.78, 5) is 14.0. The van der Waals surface area contributed by atoms with E-state index < -0.39 is 6.04 Å². The van der Waals surface area contributed by atoms with E-state index in [-0.39, 0.29) is 5.91 Å². The Bertz CT molecular complexity index is 599. The standard InChI is InChI=1S/C17H20N2O2/c1-19(12-13-7-6-10-15(11-13)21-2)17(20)16(18)14-8-4-3-5-9-14/h3-11,16H,12,18H2,1-2H3/t16-/m0/s1. The molecule has 2 aromatic rings. The van der Waals surface area contributed by atoms with Gasteiger partial charge >= 0.3 is 0 Å². The van der Waals surface area contributed by atoms with Gasteiger partial charge in [0.2, 0.25) is 5.91 Å². The van der Waals surface area contributed by atoms with Gasteiger partial charge in [-0.1, -0.05) is 42.5 Å². The van der Waals surface area contributed by atoms with Crippen LogP contribution in [0.4, 0.5) is 0 Å². The van der Waals surface area contributed by atoms with Crippen molar-refractivity contribution < 1.29 is 9.53 Å². The lowest BCUT2D eigenvalue weighted by molar-refractivity contribution is -0.131. The number of nitrogens with two attached hydrogens (primary N) is 1. The van der Waals surface area contributed by atoms with E-state index in [1.165, 1.54) is 0 Å². The summed E-state index contributed by atoms with van der Waals surface area (Å²) in [5.41, 5.74) is 7.86. The van der Waals surface area contributed by atoms with Crippen LogP contribution in [0, 0.1) is 0 Å². The van der Waals surface area contributed by atoms with Crippen LogP contribution in [0.5, 0.6) is 5.75 Å². The first kappa shape index (κ1) is 15.1. The summed E-state index contributed by atoms with van der Waals surface area (Å²) >= 11 is 0. The lowest BCUT2D eigenvalue weighted by Crippen LogP contribution is -2.35. The normalized spacial score (nSPS) is 11.8. The maximum absolute atomic E-state index is 12.4. The second-order valence-electron chi connectivity index (χ2n) is 4.93. The van der Waals surface area contributed by atoms with Crippen LogP contribution in [0.3, 0.4) is 0 Å². The lowest BCUT2D eigenvalue weighted by atomic mass is 10.1. The van der Waals surface area contributed by atoms with Crippen LogP contribution in [0.25, 0.3) is 0 Å². The van der Waals surface area contributed by atoms with Gasteiger partial charge in [0.1, 0.15) is 11.8 Å². The number of methoxy groups -OCH3 is 1. The average Bonchev–Trinajstić information content (AvgIpc) is 2.54. The number of hydrogen-bond acceptors (Lipinski definition) is 3. The van der Waals surface area contributed by atoms with Crippen LogP contribution < -0.4 is 10.5 Å². The van der Waals surface area contributed by atoms with Crippen LogP contribution >= 0.6 is 0 Å². The molecule has 2 aromatic carbocycles. The Hall–Kier alpha value is -2.33. The Kier molecular flexibility index (Phi) is 4.95. The molecule has 0 spiro atoms. The van der Waals surface area contributed by atoms with Crippen molar-refractivity contribution in [3.8, 4) is 5.75 Å². The van der Waals surface area contributed by atoms with Crippen LogP contribution in [0.1, 0.15) is 17.2 Å². The van der Waals surface area contributed by atoms with E-state index in [9.17, 15) is 4.79 Å². The van der Waals surface area contributed by atoms with Crippen molar-refractivity contribution in [3.63, 3.8) is 0 Å². The molecule has 0 radical (unpaired) electrons. The monoisotopic (exact) mass is 284 g/mol. The Morgan fingerprint density at radius 3 is 2.57 bits per heavy atom. The van der Waals surface area contributed by atoms with Crippen molar-refractivity contribution in [2.24, 2.45) is 5.73 Å². The topological polar surface area (TPSA) is 55.6 Å². The maximum atomic E-state index is 12.4. The zero-order valence-corrected chi connectivity index (χ0v) is 12.3. The molecule has 4 nitrogen and oxygen atoms in total. The average molecular weight is 284 g/mol. The third-order valence-corrected chi connectivity index (χ3v) is 3.35. The Morgan fingerprint density at radius 1 is 1.19 bits per heavy atom. The molecule has 4 heteroatoms. The first-order valence-electron chi connectivity index (χ1n) is 6.80. The Morgan fingerprint density at radius 2 is 1.90 bits per heavy atom. The molecule has 1 atom stereocenters. The van der Waals surface area contributed by atoms with Crippen molar-refractivity contribution >= 4 is 5.91 Å². The molecule has 0 aromatic heterocycles. The summed E-state index contributed by atoms with van der Waals surface area (Å²) in [7, 11) is 3.38. The van der Waals surface area contributed by atoms with Crippen molar-refractivity contribution in [3.05, 3.63) is 65.7 Å². The second-order valence-corrected chi connectivity index (χ2v) is 4.93. The summed E-state index contributed by atoms with van der Waals surface area (Å²) < 4.78 is 5.19. The SMILES string of the molecule is COc1cccc(CN(C)C(=O)[C@@H](N)c2ccccc2)c1. The largest absolute Gasteiger partial charge is 0.497 e. The van der Waals surface area contributed by atoms with Gasteiger partial charge in [-0.2, -0.15) is 0 Å². The summed E-state index contributed by atoms with van der Waals surface area (Å²) in [5, 5.41) is 0. The molecule has 0 saturated carbocycles. The van der Waals surface area contributed by atoms with E-state index in [4.69, 9.17) is 10.5 Å². The van der Waals surface area contributed by atoms with E-state index in [1.54, 1.807) is 19.1 Å². The number of hydrogen-bond donors (Lipinski definition) is 1. The summed E-state index contributed by atoms with van der Waals surface area (Å²) in [5.74, 6) is 0.671. The van der Waals surface area contributed by atoms with Gasteiger partial charge in [0.15, 0.2) is 0 Å². The Balaban J connectivity index is 2.05. The van der Waals surface area contributed by atoms with E-state index in [2.05, 4.69) is 0 Å². The number of likely N-dealkylation sites (N-methyl/N-ethyl adjacent to an activating group) is 1. The van der Waals surface area contributed by atoms with Crippen molar-refractivity contribution in [1.29, 1.82) is 0 Å². The van der Waals surface area contributed by atoms with Gasteiger partial charge < -0.3 is 15.4 Å². The van der Waals surface area contributed by atoms with Crippen LogP contribution in [0.15, 0.2) is 54.6 Å². The summed E-state index contributed by atoms with van der Waals surface area (Å²) in [6.07, 6.45) is 0. The van der Waals surface area contributed by atoms with Gasteiger partial charge in [-0.25, -0.2) is 0 Å². The lowest BCUT2D eigenvalue weighted by Gasteiger charge is -2.22. The van der Waals surface area contributed by atoms with Crippen molar-refractivity contribution in [2.75, 3.05) is 14.2 Å². The molecule has 2 N–H and O–H groups in total. The van der Waals surface area contributed by atoms with E-state index in [0.717, 1.165) is 16.9 Å². The zero-order valence-electron chi connectivity index (χ0n) is 12.3. The number of ether oxygens (including phenoxy) is 1. The number of benzene rings is 2. The van der Waals surface area contributed by atoms with E-state index in [1.807, 2.05) is 54.6 Å². The minimum Gasteiger partial charge on any atom is -0.497 e. The van der Waals surface area contributed by atoms with Gasteiger partial charge in [0, 0.05) is 13.6 Å². The van der Waals surface area contributed by atoms with Gasteiger partial charge in [-0.3, -0.25) is 4.79 Å². The molecular weight excluding hydrogens is 264 g/mol. The highest BCUT2D eigenvalue weighted by atomic mass is 16.5. The molecule has 0 aliphatic carbocycles. The predicted molar refractivity (Wildman–Crippen MR) is 82.8 cm³/mol. The van der Waals surface area contributed by atoms with Crippen LogP contribution in [-0.2, 0) is 11.3 Å². The quantitative estimate of drug-likeness (QED) is 0.917. The fourth-order valence-electron chi connectivity index (χ4n) is 2.16.